The minimum atomic E-state index is -1.83. The fraction of sp³-hybridized carbons (Fsp3) is 0.917. The van der Waals surface area contributed by atoms with Gasteiger partial charge in [-0.25, -0.2) is 4.39 Å². The molecule has 1 aliphatic rings. The van der Waals surface area contributed by atoms with Crippen molar-refractivity contribution in [1.29, 1.82) is 0 Å². The zero-order valence-corrected chi connectivity index (χ0v) is 11.8. The number of nitrogens with one attached hydrogen (secondary N) is 1. The maximum Gasteiger partial charge on any atom is 0.255 e. The number of rotatable bonds is 6. The van der Waals surface area contributed by atoms with E-state index >= 15 is 0 Å². The van der Waals surface area contributed by atoms with Gasteiger partial charge >= 0.3 is 0 Å². The van der Waals surface area contributed by atoms with E-state index in [9.17, 15) is 14.3 Å². The first-order valence-electron chi connectivity index (χ1n) is 6.40. The number of amides is 1. The molecule has 1 saturated heterocycles. The van der Waals surface area contributed by atoms with Gasteiger partial charge in [0.2, 0.25) is 0 Å². The molecule has 8 heteroatoms. The molecule has 0 bridgehead atoms. The van der Waals surface area contributed by atoms with Gasteiger partial charge < -0.3 is 29.7 Å². The molecule has 1 rings (SSSR count). The summed E-state index contributed by atoms with van der Waals surface area (Å²) in [5, 5.41) is 21.2. The van der Waals surface area contributed by atoms with Gasteiger partial charge in [-0.05, 0) is 6.92 Å². The van der Waals surface area contributed by atoms with Crippen molar-refractivity contribution in [2.45, 2.75) is 50.2 Å². The highest BCUT2D eigenvalue weighted by atomic mass is 19.1. The van der Waals surface area contributed by atoms with Gasteiger partial charge in [0.1, 0.15) is 12.2 Å². The Morgan fingerprint density at radius 2 is 2.10 bits per heavy atom. The maximum atomic E-state index is 13.4. The van der Waals surface area contributed by atoms with E-state index < -0.39 is 49.3 Å². The average Bonchev–Trinajstić information content (AvgIpc) is 2.42. The van der Waals surface area contributed by atoms with Crippen LogP contribution in [-0.4, -0.2) is 73.8 Å². The van der Waals surface area contributed by atoms with Gasteiger partial charge in [0.15, 0.2) is 12.5 Å². The number of carbonyl (C=O) groups excluding carboxylic acids is 1. The number of ether oxygens (including phenoxy) is 3. The Morgan fingerprint density at radius 3 is 2.60 bits per heavy atom. The molecular formula is C12H22FNO6. The average molecular weight is 295 g/mol. The Hall–Kier alpha value is -0.800. The molecule has 0 aromatic heterocycles. The van der Waals surface area contributed by atoms with Crippen LogP contribution < -0.4 is 5.32 Å². The van der Waals surface area contributed by atoms with Crippen LogP contribution in [0.15, 0.2) is 0 Å². The van der Waals surface area contributed by atoms with Crippen molar-refractivity contribution in [1.82, 2.24) is 5.32 Å². The molecule has 1 heterocycles. The summed E-state index contributed by atoms with van der Waals surface area (Å²) in [5.41, 5.74) is 0. The van der Waals surface area contributed by atoms with Crippen LogP contribution in [0.4, 0.5) is 4.39 Å². The van der Waals surface area contributed by atoms with Gasteiger partial charge in [-0.3, -0.25) is 4.79 Å². The second kappa shape index (κ2) is 7.84. The van der Waals surface area contributed by atoms with Crippen molar-refractivity contribution in [3.63, 3.8) is 0 Å². The number of carbonyl (C=O) groups is 1. The first-order valence-corrected chi connectivity index (χ1v) is 6.40. The lowest BCUT2D eigenvalue weighted by Gasteiger charge is -2.42. The summed E-state index contributed by atoms with van der Waals surface area (Å²) >= 11 is 0. The zero-order valence-electron chi connectivity index (χ0n) is 11.8. The highest BCUT2D eigenvalue weighted by Crippen LogP contribution is 2.23. The zero-order chi connectivity index (χ0) is 15.3. The molecule has 3 N–H and O–H groups in total. The van der Waals surface area contributed by atoms with E-state index in [0.29, 0.717) is 0 Å². The molecule has 118 valence electrons. The first kappa shape index (κ1) is 17.3. The lowest BCUT2D eigenvalue weighted by Crippen LogP contribution is -2.64. The molecule has 7 nitrogen and oxygen atoms in total. The molecule has 0 aliphatic carbocycles. The number of alkyl halides is 1. The number of aliphatic hydroxyl groups excluding tert-OH is 2. The van der Waals surface area contributed by atoms with Gasteiger partial charge in [0.25, 0.3) is 5.91 Å². The van der Waals surface area contributed by atoms with Gasteiger partial charge in [-0.1, -0.05) is 0 Å². The van der Waals surface area contributed by atoms with Crippen molar-refractivity contribution in [3.8, 4) is 0 Å². The lowest BCUT2D eigenvalue weighted by atomic mass is 9.96. The summed E-state index contributed by atoms with van der Waals surface area (Å²) in [7, 11) is 2.79. The summed E-state index contributed by atoms with van der Waals surface area (Å²) in [5.74, 6) is -0.899. The maximum absolute atomic E-state index is 13.4. The third kappa shape index (κ3) is 3.86. The minimum Gasteiger partial charge on any atom is -0.396 e. The largest absolute Gasteiger partial charge is 0.396 e. The van der Waals surface area contributed by atoms with Crippen LogP contribution in [0.3, 0.4) is 0 Å². The van der Waals surface area contributed by atoms with E-state index in [0.717, 1.165) is 0 Å². The first-order chi connectivity index (χ1) is 9.46. The van der Waals surface area contributed by atoms with Gasteiger partial charge in [0, 0.05) is 27.2 Å². The standard InChI is InChI=1S/C12H22FNO6/c1-6-8(14-11(17)7(13)4-5-15)9(16)10(18-2)12(19-3)20-6/h6-10,12,15-16H,4-5H2,1-3H3,(H,14,17). The predicted molar refractivity (Wildman–Crippen MR) is 66.7 cm³/mol. The summed E-state index contributed by atoms with van der Waals surface area (Å²) in [6.45, 7) is 1.20. The summed E-state index contributed by atoms with van der Waals surface area (Å²) in [4.78, 5) is 11.6. The SMILES string of the molecule is COC1OC(C)C(NC(=O)C(F)CCO)C(O)C1OC. The highest BCUT2D eigenvalue weighted by molar-refractivity contribution is 5.81. The number of methoxy groups -OCH3 is 2. The van der Waals surface area contributed by atoms with E-state index in [1.54, 1.807) is 6.92 Å². The molecule has 0 saturated carbocycles. The highest BCUT2D eigenvalue weighted by Gasteiger charge is 2.45. The molecule has 0 radical (unpaired) electrons. The van der Waals surface area contributed by atoms with Gasteiger partial charge in [-0.2, -0.15) is 0 Å². The molecule has 20 heavy (non-hydrogen) atoms. The van der Waals surface area contributed by atoms with Gasteiger partial charge in [-0.15, -0.1) is 0 Å². The molecule has 0 aromatic carbocycles. The monoisotopic (exact) mass is 295 g/mol. The predicted octanol–water partition coefficient (Wildman–Crippen LogP) is -1.04. The van der Waals surface area contributed by atoms with Crippen molar-refractivity contribution < 1.29 is 33.6 Å². The molecule has 0 aromatic rings. The molecule has 1 aliphatic heterocycles. The van der Waals surface area contributed by atoms with Crippen LogP contribution in [0.2, 0.25) is 0 Å². The third-order valence-electron chi connectivity index (χ3n) is 3.31. The van der Waals surface area contributed by atoms with Crippen molar-refractivity contribution in [2.75, 3.05) is 20.8 Å². The summed E-state index contributed by atoms with van der Waals surface area (Å²) in [6.07, 6.45) is -5.36. The number of hydrogen-bond acceptors (Lipinski definition) is 6. The second-order valence-corrected chi connectivity index (χ2v) is 4.65. The molecule has 1 fully saturated rings. The van der Waals surface area contributed by atoms with Gasteiger partial charge in [0.05, 0.1) is 12.1 Å². The Balaban J connectivity index is 2.71. The van der Waals surface area contributed by atoms with Crippen LogP contribution in [0, 0.1) is 0 Å². The summed E-state index contributed by atoms with van der Waals surface area (Å²) in [6, 6.07) is -0.823. The normalized spacial score (nSPS) is 35.6. The minimum absolute atomic E-state index is 0.293. The third-order valence-corrected chi connectivity index (χ3v) is 3.31. The molecule has 0 spiro atoms. The van der Waals surface area contributed by atoms with E-state index in [2.05, 4.69) is 5.32 Å². The molecular weight excluding hydrogens is 273 g/mol. The van der Waals surface area contributed by atoms with Crippen molar-refractivity contribution in [3.05, 3.63) is 0 Å². The number of halogens is 1. The van der Waals surface area contributed by atoms with Crippen LogP contribution in [0.5, 0.6) is 0 Å². The Morgan fingerprint density at radius 1 is 1.45 bits per heavy atom. The van der Waals surface area contributed by atoms with Crippen LogP contribution in [-0.2, 0) is 19.0 Å². The molecule has 6 atom stereocenters. The summed E-state index contributed by atoms with van der Waals surface area (Å²) < 4.78 is 29.0. The fourth-order valence-electron chi connectivity index (χ4n) is 2.16. The number of aliphatic hydroxyl groups is 2. The van der Waals surface area contributed by atoms with E-state index in [-0.39, 0.29) is 6.42 Å². The van der Waals surface area contributed by atoms with Crippen LogP contribution >= 0.6 is 0 Å². The van der Waals surface area contributed by atoms with E-state index in [4.69, 9.17) is 19.3 Å². The van der Waals surface area contributed by atoms with E-state index in [1.165, 1.54) is 14.2 Å². The number of hydrogen-bond donors (Lipinski definition) is 3. The lowest BCUT2D eigenvalue weighted by molar-refractivity contribution is -0.269. The smallest absolute Gasteiger partial charge is 0.255 e. The van der Waals surface area contributed by atoms with Crippen molar-refractivity contribution >= 4 is 5.91 Å². The quantitative estimate of drug-likeness (QED) is 0.579. The van der Waals surface area contributed by atoms with Crippen molar-refractivity contribution in [2.24, 2.45) is 0 Å². The Labute approximate surface area is 117 Å². The Bertz CT molecular complexity index is 318. The molecule has 1 amide bonds. The van der Waals surface area contributed by atoms with Crippen LogP contribution in [0.25, 0.3) is 0 Å². The van der Waals surface area contributed by atoms with E-state index in [1.807, 2.05) is 0 Å². The fourth-order valence-corrected chi connectivity index (χ4v) is 2.16. The van der Waals surface area contributed by atoms with Crippen LogP contribution in [0.1, 0.15) is 13.3 Å². The Kier molecular flexibility index (Phi) is 6.77. The molecule has 6 unspecified atom stereocenters. The topological polar surface area (TPSA) is 97.3 Å². The second-order valence-electron chi connectivity index (χ2n) is 4.65.